The first-order valence-corrected chi connectivity index (χ1v) is 9.95. The Morgan fingerprint density at radius 1 is 0.967 bits per heavy atom. The summed E-state index contributed by atoms with van der Waals surface area (Å²) in [5, 5.41) is 9.45. The molecule has 5 heteroatoms. The van der Waals surface area contributed by atoms with Gasteiger partial charge in [0.15, 0.2) is 0 Å². The van der Waals surface area contributed by atoms with Gasteiger partial charge in [0.1, 0.15) is 12.4 Å². The normalized spacial score (nSPS) is 17.4. The summed E-state index contributed by atoms with van der Waals surface area (Å²) in [5.41, 5.74) is 3.21. The molecule has 0 aliphatic carbocycles. The summed E-state index contributed by atoms with van der Waals surface area (Å²) >= 11 is 0. The molecule has 1 N–H and O–H groups in total. The fraction of sp³-hybridized carbons (Fsp3) is 0.200. The highest BCUT2D eigenvalue weighted by Gasteiger charge is 2.40. The van der Waals surface area contributed by atoms with Gasteiger partial charge in [-0.05, 0) is 48.4 Å². The minimum atomic E-state index is -0.887. The molecule has 2 unspecified atom stereocenters. The molecule has 1 amide bonds. The Kier molecular flexibility index (Phi) is 5.53. The minimum absolute atomic E-state index is 0.0468. The number of amides is 1. The number of aliphatic carboxylic acids is 1. The maximum absolute atomic E-state index is 13.2. The Hall–Kier alpha value is -3.60. The van der Waals surface area contributed by atoms with Gasteiger partial charge in [0, 0.05) is 23.2 Å². The zero-order chi connectivity index (χ0) is 21.1. The molecule has 2 atom stereocenters. The first kappa shape index (κ1) is 19.7. The van der Waals surface area contributed by atoms with Gasteiger partial charge in [0.2, 0.25) is 0 Å². The number of benzene rings is 3. The van der Waals surface area contributed by atoms with Gasteiger partial charge in [-0.1, -0.05) is 48.5 Å². The molecule has 0 saturated heterocycles. The Morgan fingerprint density at radius 2 is 1.63 bits per heavy atom. The smallest absolute Gasteiger partial charge is 0.304 e. The number of nitrogens with zero attached hydrogens (tertiary/aromatic N) is 1. The third-order valence-corrected chi connectivity index (χ3v) is 5.53. The molecule has 3 aromatic carbocycles. The van der Waals surface area contributed by atoms with Crippen LogP contribution in [0.25, 0.3) is 0 Å². The van der Waals surface area contributed by atoms with Crippen LogP contribution in [0.15, 0.2) is 78.9 Å². The van der Waals surface area contributed by atoms with E-state index in [9.17, 15) is 14.7 Å². The van der Waals surface area contributed by atoms with Crippen molar-refractivity contribution in [1.29, 1.82) is 0 Å². The lowest BCUT2D eigenvalue weighted by molar-refractivity contribution is -0.137. The highest BCUT2D eigenvalue weighted by molar-refractivity contribution is 6.08. The van der Waals surface area contributed by atoms with E-state index in [1.54, 1.807) is 17.0 Å². The predicted molar refractivity (Wildman–Crippen MR) is 115 cm³/mol. The fourth-order valence-electron chi connectivity index (χ4n) is 4.02. The molecule has 0 spiro atoms. The van der Waals surface area contributed by atoms with E-state index in [0.29, 0.717) is 17.9 Å². The zero-order valence-electron chi connectivity index (χ0n) is 16.7. The monoisotopic (exact) mass is 401 g/mol. The maximum Gasteiger partial charge on any atom is 0.304 e. The molecule has 0 bridgehead atoms. The molecule has 0 saturated carbocycles. The lowest BCUT2D eigenvalue weighted by atomic mass is 9.92. The zero-order valence-corrected chi connectivity index (χ0v) is 16.7. The number of anilines is 1. The fourth-order valence-corrected chi connectivity index (χ4v) is 4.02. The number of rotatable bonds is 6. The van der Waals surface area contributed by atoms with Crippen LogP contribution in [0.5, 0.6) is 5.75 Å². The first-order valence-electron chi connectivity index (χ1n) is 9.95. The van der Waals surface area contributed by atoms with Crippen LogP contribution in [0.3, 0.4) is 0 Å². The number of ether oxygens (including phenoxy) is 1. The van der Waals surface area contributed by atoms with Crippen molar-refractivity contribution in [3.8, 4) is 5.75 Å². The van der Waals surface area contributed by atoms with Gasteiger partial charge < -0.3 is 14.7 Å². The summed E-state index contributed by atoms with van der Waals surface area (Å²) in [5.74, 6) is -0.655. The van der Waals surface area contributed by atoms with Gasteiger partial charge in [0.25, 0.3) is 5.91 Å². The first-order chi connectivity index (χ1) is 14.5. The lowest BCUT2D eigenvalue weighted by Crippen LogP contribution is -2.37. The Bertz CT molecular complexity index is 1050. The summed E-state index contributed by atoms with van der Waals surface area (Å²) in [6.07, 6.45) is -0.0468. The minimum Gasteiger partial charge on any atom is -0.489 e. The molecule has 1 heterocycles. The highest BCUT2D eigenvalue weighted by Crippen LogP contribution is 2.45. The Balaban J connectivity index is 1.65. The summed E-state index contributed by atoms with van der Waals surface area (Å²) in [6.45, 7) is 2.32. The molecule has 3 aromatic rings. The number of fused-ring (bicyclic) bond motifs is 1. The highest BCUT2D eigenvalue weighted by atomic mass is 16.5. The lowest BCUT2D eigenvalue weighted by Gasteiger charge is -2.25. The van der Waals surface area contributed by atoms with Crippen LogP contribution >= 0.6 is 0 Å². The number of carboxylic acid groups (broad SMARTS) is 1. The SMILES string of the molecule is CC1C(CC(=O)O)c2cc(OCc3ccccc3)ccc2N1C(=O)c1ccccc1. The van der Waals surface area contributed by atoms with Gasteiger partial charge in [-0.15, -0.1) is 0 Å². The van der Waals surface area contributed by atoms with Crippen molar-refractivity contribution >= 4 is 17.6 Å². The molecule has 152 valence electrons. The predicted octanol–water partition coefficient (Wildman–Crippen LogP) is 4.87. The van der Waals surface area contributed by atoms with E-state index in [4.69, 9.17) is 4.74 Å². The van der Waals surface area contributed by atoms with Gasteiger partial charge in [-0.25, -0.2) is 0 Å². The number of carbonyl (C=O) groups excluding carboxylic acids is 1. The molecule has 0 radical (unpaired) electrons. The van der Waals surface area contributed by atoms with Gasteiger partial charge in [-0.3, -0.25) is 9.59 Å². The second kappa shape index (κ2) is 8.41. The third-order valence-electron chi connectivity index (χ3n) is 5.53. The third kappa shape index (κ3) is 3.92. The van der Waals surface area contributed by atoms with Crippen molar-refractivity contribution < 1.29 is 19.4 Å². The van der Waals surface area contributed by atoms with Crippen LogP contribution in [-0.2, 0) is 11.4 Å². The Morgan fingerprint density at radius 3 is 2.30 bits per heavy atom. The van der Waals surface area contributed by atoms with Crippen LogP contribution < -0.4 is 9.64 Å². The number of carbonyl (C=O) groups is 2. The van der Waals surface area contributed by atoms with E-state index in [2.05, 4.69) is 0 Å². The molecule has 5 nitrogen and oxygen atoms in total. The molecule has 1 aliphatic rings. The van der Waals surface area contributed by atoms with Crippen LogP contribution in [0.1, 0.15) is 40.7 Å². The molecule has 0 aromatic heterocycles. The topological polar surface area (TPSA) is 66.8 Å². The molecule has 30 heavy (non-hydrogen) atoms. The van der Waals surface area contributed by atoms with E-state index in [1.807, 2.05) is 73.7 Å². The van der Waals surface area contributed by atoms with Crippen LogP contribution in [0, 0.1) is 0 Å². The number of hydrogen-bond donors (Lipinski definition) is 1. The average Bonchev–Trinajstić information content (AvgIpc) is 3.03. The van der Waals surface area contributed by atoms with Crippen LogP contribution in [0.2, 0.25) is 0 Å². The second-order valence-corrected chi connectivity index (χ2v) is 7.48. The number of carboxylic acids is 1. The maximum atomic E-state index is 13.2. The molecule has 0 fully saturated rings. The van der Waals surface area contributed by atoms with Crippen molar-refractivity contribution in [3.05, 3.63) is 95.6 Å². The van der Waals surface area contributed by atoms with E-state index in [-0.39, 0.29) is 24.3 Å². The quantitative estimate of drug-likeness (QED) is 0.640. The van der Waals surface area contributed by atoms with E-state index < -0.39 is 5.97 Å². The Labute approximate surface area is 175 Å². The van der Waals surface area contributed by atoms with E-state index >= 15 is 0 Å². The summed E-state index contributed by atoms with van der Waals surface area (Å²) in [6, 6.07) is 24.2. The summed E-state index contributed by atoms with van der Waals surface area (Å²) < 4.78 is 5.94. The van der Waals surface area contributed by atoms with Crippen LogP contribution in [0.4, 0.5) is 5.69 Å². The average molecular weight is 401 g/mol. The second-order valence-electron chi connectivity index (χ2n) is 7.48. The summed E-state index contributed by atoms with van der Waals surface area (Å²) in [7, 11) is 0. The van der Waals surface area contributed by atoms with E-state index in [1.165, 1.54) is 0 Å². The van der Waals surface area contributed by atoms with Gasteiger partial charge in [-0.2, -0.15) is 0 Å². The van der Waals surface area contributed by atoms with E-state index in [0.717, 1.165) is 16.8 Å². The molecular weight excluding hydrogens is 378 g/mol. The van der Waals surface area contributed by atoms with Gasteiger partial charge in [0.05, 0.1) is 6.42 Å². The van der Waals surface area contributed by atoms with Gasteiger partial charge >= 0.3 is 5.97 Å². The number of hydrogen-bond acceptors (Lipinski definition) is 3. The molecular formula is C25H23NO4. The standard InChI is InChI=1S/C25H23NO4/c1-17-21(15-24(27)28)22-14-20(30-16-18-8-4-2-5-9-18)12-13-23(22)26(17)25(29)19-10-6-3-7-11-19/h2-14,17,21H,15-16H2,1H3,(H,27,28). The molecule has 4 rings (SSSR count). The van der Waals surface area contributed by atoms with Crippen LogP contribution in [-0.4, -0.2) is 23.0 Å². The van der Waals surface area contributed by atoms with Crippen molar-refractivity contribution in [2.45, 2.75) is 31.9 Å². The van der Waals surface area contributed by atoms with Crippen molar-refractivity contribution in [1.82, 2.24) is 0 Å². The van der Waals surface area contributed by atoms with Crippen molar-refractivity contribution in [2.75, 3.05) is 4.90 Å². The van der Waals surface area contributed by atoms with Crippen molar-refractivity contribution in [2.24, 2.45) is 0 Å². The largest absolute Gasteiger partial charge is 0.489 e. The summed E-state index contributed by atoms with van der Waals surface area (Å²) in [4.78, 5) is 26.4. The van der Waals surface area contributed by atoms with Crippen molar-refractivity contribution in [3.63, 3.8) is 0 Å². The molecule has 1 aliphatic heterocycles.